The first kappa shape index (κ1) is 15.4. The van der Waals surface area contributed by atoms with E-state index in [2.05, 4.69) is 47.5 Å². The van der Waals surface area contributed by atoms with Crippen molar-refractivity contribution in [3.05, 3.63) is 35.9 Å². The van der Waals surface area contributed by atoms with Gasteiger partial charge in [0.2, 0.25) is 0 Å². The van der Waals surface area contributed by atoms with Crippen LogP contribution in [-0.4, -0.2) is 58.0 Å². The van der Waals surface area contributed by atoms with Crippen molar-refractivity contribution in [2.45, 2.75) is 12.5 Å². The van der Waals surface area contributed by atoms with Crippen LogP contribution in [0, 0.1) is 0 Å². The fourth-order valence-corrected chi connectivity index (χ4v) is 2.76. The second-order valence-electron chi connectivity index (χ2n) is 5.41. The summed E-state index contributed by atoms with van der Waals surface area (Å²) in [6.45, 7) is 8.43. The molecule has 1 heterocycles. The monoisotopic (exact) mass is 278 g/mol. The van der Waals surface area contributed by atoms with E-state index in [1.807, 2.05) is 0 Å². The third-order valence-corrected chi connectivity index (χ3v) is 4.06. The molecule has 4 nitrogen and oxygen atoms in total. The molecule has 1 fully saturated rings. The van der Waals surface area contributed by atoms with E-state index in [1.165, 1.54) is 5.56 Å². The molecule has 1 saturated heterocycles. The maximum absolute atomic E-state index is 5.62. The molecule has 20 heavy (non-hydrogen) atoms. The Hall–Kier alpha value is -0.940. The van der Waals surface area contributed by atoms with Crippen LogP contribution >= 0.6 is 0 Å². The molecule has 0 saturated carbocycles. The maximum atomic E-state index is 5.62. The average molecular weight is 278 g/mol. The van der Waals surface area contributed by atoms with Gasteiger partial charge in [0.15, 0.2) is 0 Å². The van der Waals surface area contributed by atoms with Crippen molar-refractivity contribution in [2.75, 3.05) is 53.1 Å². The van der Waals surface area contributed by atoms with Gasteiger partial charge in [0.05, 0.1) is 25.4 Å². The first-order valence-corrected chi connectivity index (χ1v) is 7.35. The number of nitrogens with one attached hydrogen (secondary N) is 1. The van der Waals surface area contributed by atoms with Gasteiger partial charge in [-0.05, 0) is 12.5 Å². The molecule has 0 amide bonds. The Morgan fingerprint density at radius 2 is 2.00 bits per heavy atom. The minimum absolute atomic E-state index is 0.0458. The highest BCUT2D eigenvalue weighted by atomic mass is 16.5. The zero-order valence-electron chi connectivity index (χ0n) is 12.6. The highest BCUT2D eigenvalue weighted by molar-refractivity contribution is 5.25. The SMILES string of the molecule is COCCOCCN1CCNCC1(C)c1ccccc1. The summed E-state index contributed by atoms with van der Waals surface area (Å²) < 4.78 is 10.6. The van der Waals surface area contributed by atoms with Crippen LogP contribution in [0.5, 0.6) is 0 Å². The zero-order chi connectivity index (χ0) is 14.3. The van der Waals surface area contributed by atoms with Crippen molar-refractivity contribution in [1.82, 2.24) is 10.2 Å². The largest absolute Gasteiger partial charge is 0.382 e. The van der Waals surface area contributed by atoms with Gasteiger partial charge in [-0.25, -0.2) is 0 Å². The highest BCUT2D eigenvalue weighted by Gasteiger charge is 2.35. The highest BCUT2D eigenvalue weighted by Crippen LogP contribution is 2.28. The third-order valence-electron chi connectivity index (χ3n) is 4.06. The normalized spacial score (nSPS) is 23.9. The van der Waals surface area contributed by atoms with Crippen molar-refractivity contribution < 1.29 is 9.47 Å². The summed E-state index contributed by atoms with van der Waals surface area (Å²) in [6.07, 6.45) is 0. The van der Waals surface area contributed by atoms with Crippen molar-refractivity contribution in [2.24, 2.45) is 0 Å². The second kappa shape index (κ2) is 7.74. The fraction of sp³-hybridized carbons (Fsp3) is 0.625. The lowest BCUT2D eigenvalue weighted by molar-refractivity contribution is 0.0176. The summed E-state index contributed by atoms with van der Waals surface area (Å²) in [5.41, 5.74) is 1.41. The molecule has 1 aliphatic heterocycles. The molecule has 0 aliphatic carbocycles. The van der Waals surface area contributed by atoms with Gasteiger partial charge in [0, 0.05) is 33.3 Å². The van der Waals surface area contributed by atoms with E-state index in [0.29, 0.717) is 13.2 Å². The lowest BCUT2D eigenvalue weighted by Gasteiger charge is -2.45. The Morgan fingerprint density at radius 1 is 1.20 bits per heavy atom. The zero-order valence-corrected chi connectivity index (χ0v) is 12.6. The Labute approximate surface area is 122 Å². The standard InChI is InChI=1S/C16H26N2O2/c1-16(15-6-4-3-5-7-15)14-17-8-9-18(16)10-11-20-13-12-19-2/h3-7,17H,8-14H2,1-2H3. The molecule has 0 spiro atoms. The molecule has 1 aromatic rings. The Kier molecular flexibility index (Phi) is 5.98. The molecule has 0 bridgehead atoms. The molecular formula is C16H26N2O2. The average Bonchev–Trinajstić information content (AvgIpc) is 2.50. The first-order valence-electron chi connectivity index (χ1n) is 7.35. The molecular weight excluding hydrogens is 252 g/mol. The minimum Gasteiger partial charge on any atom is -0.382 e. The van der Waals surface area contributed by atoms with Crippen LogP contribution in [0.3, 0.4) is 0 Å². The summed E-state index contributed by atoms with van der Waals surface area (Å²) >= 11 is 0. The number of hydrogen-bond acceptors (Lipinski definition) is 4. The lowest BCUT2D eigenvalue weighted by atomic mass is 9.88. The van der Waals surface area contributed by atoms with Gasteiger partial charge in [0.1, 0.15) is 0 Å². The molecule has 1 atom stereocenters. The Bertz CT molecular complexity index is 385. The van der Waals surface area contributed by atoms with Crippen LogP contribution in [0.2, 0.25) is 0 Å². The van der Waals surface area contributed by atoms with Gasteiger partial charge >= 0.3 is 0 Å². The number of methoxy groups -OCH3 is 1. The summed E-state index contributed by atoms with van der Waals surface area (Å²) in [7, 11) is 1.70. The number of hydrogen-bond donors (Lipinski definition) is 1. The van der Waals surface area contributed by atoms with Crippen LogP contribution in [0.25, 0.3) is 0 Å². The molecule has 1 N–H and O–H groups in total. The van der Waals surface area contributed by atoms with Crippen molar-refractivity contribution in [1.29, 1.82) is 0 Å². The van der Waals surface area contributed by atoms with Gasteiger partial charge in [-0.3, -0.25) is 4.90 Å². The second-order valence-corrected chi connectivity index (χ2v) is 5.41. The summed E-state index contributed by atoms with van der Waals surface area (Å²) in [5.74, 6) is 0. The number of nitrogens with zero attached hydrogens (tertiary/aromatic N) is 1. The summed E-state index contributed by atoms with van der Waals surface area (Å²) in [4.78, 5) is 2.52. The predicted molar refractivity (Wildman–Crippen MR) is 80.9 cm³/mol. The van der Waals surface area contributed by atoms with E-state index in [1.54, 1.807) is 7.11 Å². The molecule has 2 rings (SSSR count). The van der Waals surface area contributed by atoms with Crippen LogP contribution in [0.1, 0.15) is 12.5 Å². The van der Waals surface area contributed by atoms with E-state index in [9.17, 15) is 0 Å². The molecule has 4 heteroatoms. The van der Waals surface area contributed by atoms with E-state index in [0.717, 1.165) is 32.8 Å². The smallest absolute Gasteiger partial charge is 0.0700 e. The molecule has 1 aromatic carbocycles. The maximum Gasteiger partial charge on any atom is 0.0700 e. The van der Waals surface area contributed by atoms with Gasteiger partial charge in [-0.2, -0.15) is 0 Å². The minimum atomic E-state index is 0.0458. The summed E-state index contributed by atoms with van der Waals surface area (Å²) in [5, 5.41) is 3.51. The summed E-state index contributed by atoms with van der Waals surface area (Å²) in [6, 6.07) is 10.7. The van der Waals surface area contributed by atoms with Crippen LogP contribution < -0.4 is 5.32 Å². The molecule has 1 aliphatic rings. The predicted octanol–water partition coefficient (Wildman–Crippen LogP) is 1.47. The Balaban J connectivity index is 1.94. The topological polar surface area (TPSA) is 33.7 Å². The molecule has 0 radical (unpaired) electrons. The number of benzene rings is 1. The van der Waals surface area contributed by atoms with Crippen molar-refractivity contribution >= 4 is 0 Å². The van der Waals surface area contributed by atoms with Crippen molar-refractivity contribution in [3.8, 4) is 0 Å². The quantitative estimate of drug-likeness (QED) is 0.766. The van der Waals surface area contributed by atoms with E-state index < -0.39 is 0 Å². The molecule has 112 valence electrons. The Morgan fingerprint density at radius 3 is 2.75 bits per heavy atom. The van der Waals surface area contributed by atoms with Crippen molar-refractivity contribution in [3.63, 3.8) is 0 Å². The molecule has 1 unspecified atom stereocenters. The first-order chi connectivity index (χ1) is 9.77. The molecule has 0 aromatic heterocycles. The number of ether oxygens (including phenoxy) is 2. The van der Waals surface area contributed by atoms with Gasteiger partial charge in [0.25, 0.3) is 0 Å². The van der Waals surface area contributed by atoms with Gasteiger partial charge < -0.3 is 14.8 Å². The number of rotatable bonds is 7. The number of piperazine rings is 1. The van der Waals surface area contributed by atoms with Crippen LogP contribution in [0.4, 0.5) is 0 Å². The van der Waals surface area contributed by atoms with E-state index >= 15 is 0 Å². The third kappa shape index (κ3) is 3.79. The lowest BCUT2D eigenvalue weighted by Crippen LogP contribution is -2.58. The van der Waals surface area contributed by atoms with Crippen LogP contribution in [0.15, 0.2) is 30.3 Å². The van der Waals surface area contributed by atoms with Gasteiger partial charge in [-0.1, -0.05) is 30.3 Å². The van der Waals surface area contributed by atoms with Crippen LogP contribution in [-0.2, 0) is 15.0 Å². The van der Waals surface area contributed by atoms with E-state index in [4.69, 9.17) is 9.47 Å². The van der Waals surface area contributed by atoms with Gasteiger partial charge in [-0.15, -0.1) is 0 Å². The fourth-order valence-electron chi connectivity index (χ4n) is 2.76. The van der Waals surface area contributed by atoms with E-state index in [-0.39, 0.29) is 5.54 Å².